The summed E-state index contributed by atoms with van der Waals surface area (Å²) in [6.45, 7) is 9.35. The molecule has 1 saturated heterocycles. The highest BCUT2D eigenvalue weighted by molar-refractivity contribution is 5.76. The van der Waals surface area contributed by atoms with E-state index in [1.807, 2.05) is 27.7 Å². The third-order valence-corrected chi connectivity index (χ3v) is 4.63. The minimum Gasteiger partial charge on any atom is -0.460 e. The van der Waals surface area contributed by atoms with Gasteiger partial charge in [-0.05, 0) is 59.8 Å². The number of carbonyl (C=O) groups is 1. The molecule has 1 aliphatic heterocycles. The minimum absolute atomic E-state index is 0.0168. The summed E-state index contributed by atoms with van der Waals surface area (Å²) in [6.07, 6.45) is 0.261. The number of aliphatic hydroxyl groups is 2. The first-order chi connectivity index (χ1) is 11.1. The second-order valence-electron chi connectivity index (χ2n) is 8.24. The Hall–Kier alpha value is -0.690. The molecule has 2 aliphatic rings. The Balaban J connectivity index is 1.67. The van der Waals surface area contributed by atoms with Crippen molar-refractivity contribution in [2.75, 3.05) is 0 Å². The fourth-order valence-electron chi connectivity index (χ4n) is 3.04. The number of rotatable bonds is 6. The molecule has 2 fully saturated rings. The van der Waals surface area contributed by atoms with Gasteiger partial charge in [-0.25, -0.2) is 0 Å². The topological polar surface area (TPSA) is 85.2 Å². The summed E-state index contributed by atoms with van der Waals surface area (Å²) in [4.78, 5) is 12.0. The first kappa shape index (κ1) is 19.6. The Labute approximate surface area is 144 Å². The van der Waals surface area contributed by atoms with Crippen molar-refractivity contribution in [3.8, 4) is 0 Å². The lowest BCUT2D eigenvalue weighted by atomic mass is 10.0. The van der Waals surface area contributed by atoms with E-state index in [4.69, 9.17) is 14.2 Å². The third kappa shape index (κ3) is 5.69. The smallest absolute Gasteiger partial charge is 0.309 e. The highest BCUT2D eigenvalue weighted by Gasteiger charge is 2.45. The van der Waals surface area contributed by atoms with Crippen LogP contribution in [0, 0.1) is 11.8 Å². The van der Waals surface area contributed by atoms with Gasteiger partial charge in [0.05, 0.1) is 24.2 Å². The number of hydrogen-bond acceptors (Lipinski definition) is 6. The van der Waals surface area contributed by atoms with Crippen LogP contribution >= 0.6 is 0 Å². The highest BCUT2D eigenvalue weighted by atomic mass is 16.7. The van der Waals surface area contributed by atoms with Crippen molar-refractivity contribution < 1.29 is 29.2 Å². The van der Waals surface area contributed by atoms with Gasteiger partial charge in [-0.3, -0.25) is 4.79 Å². The SMILES string of the molecule is C[C@H](CCC1CC1C(=O)OC(C)(C)C)O[C@@H]1O[C@@H](C)C(O)C[C@H]1O. The van der Waals surface area contributed by atoms with Crippen molar-refractivity contribution in [3.63, 3.8) is 0 Å². The largest absolute Gasteiger partial charge is 0.460 e. The van der Waals surface area contributed by atoms with Crippen molar-refractivity contribution >= 4 is 5.97 Å². The van der Waals surface area contributed by atoms with Gasteiger partial charge < -0.3 is 24.4 Å². The van der Waals surface area contributed by atoms with E-state index in [9.17, 15) is 15.0 Å². The molecule has 0 spiro atoms. The van der Waals surface area contributed by atoms with Crippen LogP contribution in [0.15, 0.2) is 0 Å². The zero-order valence-corrected chi connectivity index (χ0v) is 15.4. The van der Waals surface area contributed by atoms with E-state index in [-0.39, 0.29) is 30.5 Å². The molecule has 1 saturated carbocycles. The number of esters is 1. The van der Waals surface area contributed by atoms with Crippen LogP contribution in [0.3, 0.4) is 0 Å². The Kier molecular flexibility index (Phi) is 6.29. The van der Waals surface area contributed by atoms with Gasteiger partial charge in [0, 0.05) is 6.42 Å². The molecule has 0 amide bonds. The maximum atomic E-state index is 12.0. The quantitative estimate of drug-likeness (QED) is 0.717. The zero-order valence-electron chi connectivity index (χ0n) is 15.4. The number of hydrogen-bond donors (Lipinski definition) is 2. The molecule has 7 atom stereocenters. The molecule has 2 N–H and O–H groups in total. The van der Waals surface area contributed by atoms with Crippen LogP contribution in [0.2, 0.25) is 0 Å². The predicted molar refractivity (Wildman–Crippen MR) is 88.2 cm³/mol. The van der Waals surface area contributed by atoms with Gasteiger partial charge in [-0.15, -0.1) is 0 Å². The number of ether oxygens (including phenoxy) is 3. The van der Waals surface area contributed by atoms with Crippen LogP contribution < -0.4 is 0 Å². The Morgan fingerprint density at radius 2 is 1.92 bits per heavy atom. The van der Waals surface area contributed by atoms with Crippen molar-refractivity contribution in [3.05, 3.63) is 0 Å². The van der Waals surface area contributed by atoms with Crippen LogP contribution in [-0.4, -0.2) is 52.5 Å². The average molecular weight is 344 g/mol. The van der Waals surface area contributed by atoms with E-state index < -0.39 is 24.1 Å². The van der Waals surface area contributed by atoms with Gasteiger partial charge in [0.25, 0.3) is 0 Å². The maximum absolute atomic E-state index is 12.0. The monoisotopic (exact) mass is 344 g/mol. The summed E-state index contributed by atoms with van der Waals surface area (Å²) >= 11 is 0. The van der Waals surface area contributed by atoms with E-state index >= 15 is 0 Å². The lowest BCUT2D eigenvalue weighted by molar-refractivity contribution is -0.273. The van der Waals surface area contributed by atoms with Crippen molar-refractivity contribution in [2.45, 2.75) is 96.6 Å². The van der Waals surface area contributed by atoms with Gasteiger partial charge in [-0.2, -0.15) is 0 Å². The van der Waals surface area contributed by atoms with E-state index in [2.05, 4.69) is 0 Å². The Morgan fingerprint density at radius 1 is 1.25 bits per heavy atom. The average Bonchev–Trinajstić information content (AvgIpc) is 3.20. The molecule has 0 aromatic rings. The Morgan fingerprint density at radius 3 is 2.54 bits per heavy atom. The molecule has 0 bridgehead atoms. The van der Waals surface area contributed by atoms with E-state index in [0.29, 0.717) is 5.92 Å². The molecule has 0 radical (unpaired) electrons. The van der Waals surface area contributed by atoms with Crippen LogP contribution in [0.4, 0.5) is 0 Å². The van der Waals surface area contributed by atoms with Crippen LogP contribution in [0.25, 0.3) is 0 Å². The summed E-state index contributed by atoms with van der Waals surface area (Å²) in [5.41, 5.74) is -0.434. The maximum Gasteiger partial charge on any atom is 0.309 e. The lowest BCUT2D eigenvalue weighted by Gasteiger charge is -2.36. The highest BCUT2D eigenvalue weighted by Crippen LogP contribution is 2.44. The van der Waals surface area contributed by atoms with Crippen molar-refractivity contribution in [1.29, 1.82) is 0 Å². The van der Waals surface area contributed by atoms with E-state index in [1.54, 1.807) is 6.92 Å². The van der Waals surface area contributed by atoms with Crippen LogP contribution in [-0.2, 0) is 19.0 Å². The van der Waals surface area contributed by atoms with Gasteiger partial charge in [-0.1, -0.05) is 0 Å². The standard InChI is InChI=1S/C18H32O6/c1-10(22-17-15(20)9-14(19)11(2)23-17)6-7-12-8-13(12)16(21)24-18(3,4)5/h10-15,17,19-20H,6-9H2,1-5H3/t10-,11+,12?,13?,14?,15-,17-/m1/s1. The summed E-state index contributed by atoms with van der Waals surface area (Å²) in [5, 5.41) is 19.6. The molecular weight excluding hydrogens is 312 g/mol. The summed E-state index contributed by atoms with van der Waals surface area (Å²) in [6, 6.07) is 0. The van der Waals surface area contributed by atoms with Gasteiger partial charge in [0.1, 0.15) is 11.7 Å². The lowest BCUT2D eigenvalue weighted by Crippen LogP contribution is -2.48. The van der Waals surface area contributed by atoms with Crippen LogP contribution in [0.1, 0.15) is 60.3 Å². The van der Waals surface area contributed by atoms with Crippen LogP contribution in [0.5, 0.6) is 0 Å². The minimum atomic E-state index is -0.811. The first-order valence-electron chi connectivity index (χ1n) is 8.96. The fraction of sp³-hybridized carbons (Fsp3) is 0.944. The first-order valence-corrected chi connectivity index (χ1v) is 8.96. The predicted octanol–water partition coefficient (Wildman–Crippen LogP) is 2.01. The zero-order chi connectivity index (χ0) is 18.1. The molecule has 140 valence electrons. The molecule has 24 heavy (non-hydrogen) atoms. The van der Waals surface area contributed by atoms with E-state index in [0.717, 1.165) is 19.3 Å². The molecule has 6 nitrogen and oxygen atoms in total. The molecule has 2 rings (SSSR count). The van der Waals surface area contributed by atoms with E-state index in [1.165, 1.54) is 0 Å². The molecule has 0 aromatic carbocycles. The number of aliphatic hydroxyl groups excluding tert-OH is 2. The number of carbonyl (C=O) groups excluding carboxylic acids is 1. The Bertz CT molecular complexity index is 432. The fourth-order valence-corrected chi connectivity index (χ4v) is 3.04. The molecule has 1 heterocycles. The third-order valence-electron chi connectivity index (χ3n) is 4.63. The molecule has 1 aliphatic carbocycles. The van der Waals surface area contributed by atoms with Crippen molar-refractivity contribution in [2.24, 2.45) is 11.8 Å². The van der Waals surface area contributed by atoms with Gasteiger partial charge >= 0.3 is 5.97 Å². The second kappa shape index (κ2) is 7.68. The molecule has 6 heteroatoms. The normalized spacial score (nSPS) is 37.8. The van der Waals surface area contributed by atoms with Crippen molar-refractivity contribution in [1.82, 2.24) is 0 Å². The molecule has 0 aromatic heterocycles. The van der Waals surface area contributed by atoms with Gasteiger partial charge in [0.15, 0.2) is 6.29 Å². The summed E-state index contributed by atoms with van der Waals surface area (Å²) < 4.78 is 16.7. The summed E-state index contributed by atoms with van der Waals surface area (Å²) in [5.74, 6) is 0.280. The molecular formula is C18H32O6. The molecule has 3 unspecified atom stereocenters. The summed E-state index contributed by atoms with van der Waals surface area (Å²) in [7, 11) is 0. The second-order valence-corrected chi connectivity index (χ2v) is 8.24. The van der Waals surface area contributed by atoms with Gasteiger partial charge in [0.2, 0.25) is 0 Å².